The van der Waals surface area contributed by atoms with Gasteiger partial charge in [-0.05, 0) is 18.1 Å². The van der Waals surface area contributed by atoms with Gasteiger partial charge in [-0.25, -0.2) is 9.78 Å². The molecule has 8 heteroatoms. The minimum absolute atomic E-state index is 0.00545. The first-order valence-electron chi connectivity index (χ1n) is 6.08. The maximum Gasteiger partial charge on any atom is 0.329 e. The average Bonchev–Trinajstić information content (AvgIpc) is 2.75. The van der Waals surface area contributed by atoms with E-state index in [1.54, 1.807) is 4.57 Å². The number of carbonyl (C=O) groups excluding carboxylic acids is 1. The van der Waals surface area contributed by atoms with Crippen LogP contribution in [0.2, 0.25) is 0 Å². The summed E-state index contributed by atoms with van der Waals surface area (Å²) in [6, 6.07) is -0.555. The van der Waals surface area contributed by atoms with Crippen molar-refractivity contribution in [3.05, 3.63) is 11.1 Å². The van der Waals surface area contributed by atoms with Crippen molar-refractivity contribution < 1.29 is 14.3 Å². The zero-order chi connectivity index (χ0) is 14.9. The zero-order valence-electron chi connectivity index (χ0n) is 11.7. The third-order valence-corrected chi connectivity index (χ3v) is 3.32. The highest BCUT2D eigenvalue weighted by molar-refractivity contribution is 7.71. The maximum atomic E-state index is 12.0. The van der Waals surface area contributed by atoms with Crippen LogP contribution in [0, 0.1) is 10.7 Å². The number of fused-ring (bicyclic) bond motifs is 1. The summed E-state index contributed by atoms with van der Waals surface area (Å²) in [5, 5.41) is 0. The number of hydrogen-bond donors (Lipinski definition) is 1. The van der Waals surface area contributed by atoms with E-state index in [4.69, 9.17) is 21.7 Å². The van der Waals surface area contributed by atoms with Gasteiger partial charge in [-0.1, -0.05) is 13.8 Å². The number of aromatic amines is 1. The minimum Gasteiger partial charge on any atom is -0.479 e. The van der Waals surface area contributed by atoms with E-state index in [2.05, 4.69) is 15.0 Å². The Morgan fingerprint density at radius 2 is 2.10 bits per heavy atom. The lowest BCUT2D eigenvalue weighted by Crippen LogP contribution is -2.26. The summed E-state index contributed by atoms with van der Waals surface area (Å²) < 4.78 is 12.0. The number of ether oxygens (including phenoxy) is 2. The van der Waals surface area contributed by atoms with Gasteiger partial charge in [0.1, 0.15) is 17.9 Å². The molecule has 108 valence electrons. The van der Waals surface area contributed by atoms with Crippen LogP contribution in [-0.2, 0) is 9.53 Å². The summed E-state index contributed by atoms with van der Waals surface area (Å²) in [6.45, 7) is 3.83. The molecule has 0 aliphatic heterocycles. The topological polar surface area (TPSA) is 82.0 Å². The number of methoxy groups -OCH3 is 2. The first-order valence-corrected chi connectivity index (χ1v) is 6.49. The van der Waals surface area contributed by atoms with Crippen LogP contribution in [0.1, 0.15) is 19.9 Å². The zero-order valence-corrected chi connectivity index (χ0v) is 12.5. The molecule has 0 aliphatic carbocycles. The van der Waals surface area contributed by atoms with E-state index < -0.39 is 6.04 Å². The van der Waals surface area contributed by atoms with Gasteiger partial charge in [0.05, 0.1) is 14.2 Å². The predicted molar refractivity (Wildman–Crippen MR) is 75.2 cm³/mol. The quantitative estimate of drug-likeness (QED) is 0.685. The molecule has 7 nitrogen and oxygen atoms in total. The molecule has 0 aromatic carbocycles. The van der Waals surface area contributed by atoms with Crippen molar-refractivity contribution in [1.82, 2.24) is 19.5 Å². The average molecular weight is 296 g/mol. The molecule has 0 saturated carbocycles. The fourth-order valence-electron chi connectivity index (χ4n) is 2.13. The first kappa shape index (κ1) is 14.4. The maximum absolute atomic E-state index is 12.0. The van der Waals surface area contributed by atoms with Gasteiger partial charge in [-0.15, -0.1) is 0 Å². The fraction of sp³-hybridized carbons (Fsp3) is 0.500. The number of rotatable bonds is 4. The first-order chi connectivity index (χ1) is 9.51. The molecule has 0 bridgehead atoms. The molecular formula is C12H16N4O3S. The highest BCUT2D eigenvalue weighted by atomic mass is 32.1. The van der Waals surface area contributed by atoms with Crippen LogP contribution in [-0.4, -0.2) is 39.7 Å². The van der Waals surface area contributed by atoms with Gasteiger partial charge >= 0.3 is 5.97 Å². The summed E-state index contributed by atoms with van der Waals surface area (Å²) >= 11 is 5.30. The number of aromatic nitrogens is 4. The Bertz CT molecular complexity index is 692. The van der Waals surface area contributed by atoms with Gasteiger partial charge in [0.2, 0.25) is 5.88 Å². The van der Waals surface area contributed by atoms with Gasteiger partial charge in [-0.2, -0.15) is 4.98 Å². The van der Waals surface area contributed by atoms with Crippen molar-refractivity contribution in [2.24, 2.45) is 5.92 Å². The van der Waals surface area contributed by atoms with Crippen LogP contribution in [0.25, 0.3) is 11.2 Å². The predicted octanol–water partition coefficient (Wildman–Crippen LogP) is 1.87. The number of imidazole rings is 1. The number of nitrogens with one attached hydrogen (secondary N) is 1. The number of nitrogens with zero attached hydrogens (tertiary/aromatic N) is 3. The Labute approximate surface area is 120 Å². The second-order valence-corrected chi connectivity index (χ2v) is 4.98. The highest BCUT2D eigenvalue weighted by Crippen LogP contribution is 2.27. The minimum atomic E-state index is -0.555. The summed E-state index contributed by atoms with van der Waals surface area (Å²) in [5.74, 6) is 0.0101. The van der Waals surface area contributed by atoms with Crippen LogP contribution in [0.3, 0.4) is 0 Å². The molecular weight excluding hydrogens is 280 g/mol. The lowest BCUT2D eigenvalue weighted by atomic mass is 10.0. The van der Waals surface area contributed by atoms with E-state index >= 15 is 0 Å². The molecule has 0 spiro atoms. The van der Waals surface area contributed by atoms with E-state index in [9.17, 15) is 4.79 Å². The van der Waals surface area contributed by atoms with Crippen LogP contribution >= 0.6 is 12.2 Å². The Balaban J connectivity index is 2.73. The van der Waals surface area contributed by atoms with E-state index in [1.807, 2.05) is 13.8 Å². The Hall–Kier alpha value is -1.96. The molecule has 2 heterocycles. The molecule has 0 fully saturated rings. The molecule has 0 aliphatic rings. The molecule has 0 amide bonds. The van der Waals surface area contributed by atoms with Crippen LogP contribution in [0.4, 0.5) is 0 Å². The van der Waals surface area contributed by atoms with Crippen LogP contribution < -0.4 is 4.74 Å². The third-order valence-electron chi connectivity index (χ3n) is 3.02. The molecule has 1 unspecified atom stereocenters. The Kier molecular flexibility index (Phi) is 4.03. The molecule has 1 atom stereocenters. The van der Waals surface area contributed by atoms with Gasteiger partial charge in [0, 0.05) is 0 Å². The number of esters is 1. The van der Waals surface area contributed by atoms with Crippen molar-refractivity contribution in [3.8, 4) is 5.88 Å². The van der Waals surface area contributed by atoms with E-state index in [1.165, 1.54) is 20.5 Å². The number of hydrogen-bond acceptors (Lipinski definition) is 6. The van der Waals surface area contributed by atoms with Crippen molar-refractivity contribution in [2.45, 2.75) is 19.9 Å². The van der Waals surface area contributed by atoms with Crippen molar-refractivity contribution in [3.63, 3.8) is 0 Å². The highest BCUT2D eigenvalue weighted by Gasteiger charge is 2.28. The molecule has 0 saturated heterocycles. The van der Waals surface area contributed by atoms with Crippen molar-refractivity contribution >= 4 is 29.4 Å². The second-order valence-electron chi connectivity index (χ2n) is 4.59. The van der Waals surface area contributed by atoms with E-state index in [0.29, 0.717) is 21.8 Å². The van der Waals surface area contributed by atoms with Gasteiger partial charge in [0.15, 0.2) is 10.4 Å². The standard InChI is InChI=1S/C12H16N4O3S/c1-6(2)8(11(17)19-4)16-9-7(15-12(16)20)10(18-3)14-5-13-9/h5-6,8H,1-4H3,(H,15,20). The van der Waals surface area contributed by atoms with E-state index in [0.717, 1.165) is 0 Å². The monoisotopic (exact) mass is 296 g/mol. The summed E-state index contributed by atoms with van der Waals surface area (Å²) in [5.41, 5.74) is 1.08. The van der Waals surface area contributed by atoms with Crippen LogP contribution in [0.5, 0.6) is 5.88 Å². The molecule has 2 aromatic heterocycles. The second kappa shape index (κ2) is 5.58. The lowest BCUT2D eigenvalue weighted by Gasteiger charge is -2.20. The Morgan fingerprint density at radius 1 is 1.40 bits per heavy atom. The number of carbonyl (C=O) groups is 1. The molecule has 2 aromatic rings. The normalized spacial score (nSPS) is 12.7. The third kappa shape index (κ3) is 2.26. The van der Waals surface area contributed by atoms with Crippen molar-refractivity contribution in [2.75, 3.05) is 14.2 Å². The molecule has 2 rings (SSSR count). The van der Waals surface area contributed by atoms with Gasteiger partial charge in [0.25, 0.3) is 0 Å². The van der Waals surface area contributed by atoms with E-state index in [-0.39, 0.29) is 11.9 Å². The summed E-state index contributed by atoms with van der Waals surface area (Å²) in [6.07, 6.45) is 1.37. The van der Waals surface area contributed by atoms with Gasteiger partial charge in [-0.3, -0.25) is 4.57 Å². The lowest BCUT2D eigenvalue weighted by molar-refractivity contribution is -0.145. The SMILES string of the molecule is COC(=O)C(C(C)C)n1c(=S)[nH]c2c(OC)ncnc21. The fourth-order valence-corrected chi connectivity index (χ4v) is 2.43. The van der Waals surface area contributed by atoms with Crippen molar-refractivity contribution in [1.29, 1.82) is 0 Å². The van der Waals surface area contributed by atoms with Gasteiger partial charge < -0.3 is 14.5 Å². The Morgan fingerprint density at radius 3 is 2.65 bits per heavy atom. The number of H-pyrrole nitrogens is 1. The smallest absolute Gasteiger partial charge is 0.329 e. The largest absolute Gasteiger partial charge is 0.479 e. The molecule has 0 radical (unpaired) electrons. The molecule has 20 heavy (non-hydrogen) atoms. The summed E-state index contributed by atoms with van der Waals surface area (Å²) in [4.78, 5) is 23.2. The molecule has 1 N–H and O–H groups in total. The van der Waals surface area contributed by atoms with Crippen LogP contribution in [0.15, 0.2) is 6.33 Å². The summed E-state index contributed by atoms with van der Waals surface area (Å²) in [7, 11) is 2.86.